The van der Waals surface area contributed by atoms with Crippen molar-refractivity contribution in [1.29, 1.82) is 0 Å². The van der Waals surface area contributed by atoms with Crippen LogP contribution in [0, 0.1) is 5.82 Å². The van der Waals surface area contributed by atoms with Gasteiger partial charge in [-0.1, -0.05) is 29.3 Å². The second-order valence-corrected chi connectivity index (χ2v) is 4.56. The summed E-state index contributed by atoms with van der Waals surface area (Å²) in [5, 5.41) is 5.77. The van der Waals surface area contributed by atoms with E-state index in [9.17, 15) is 9.18 Å². The van der Waals surface area contributed by atoms with Crippen molar-refractivity contribution >= 4 is 40.6 Å². The van der Waals surface area contributed by atoms with Crippen LogP contribution >= 0.6 is 23.2 Å². The largest absolute Gasteiger partial charge is 0.323 e. The van der Waals surface area contributed by atoms with Gasteiger partial charge in [0.15, 0.2) is 0 Å². The summed E-state index contributed by atoms with van der Waals surface area (Å²) in [6, 6.07) is 9.84. The van der Waals surface area contributed by atoms with Crippen LogP contribution in [0.25, 0.3) is 0 Å². The molecule has 2 aromatic rings. The summed E-state index contributed by atoms with van der Waals surface area (Å²) in [7, 11) is 0. The summed E-state index contributed by atoms with van der Waals surface area (Å²) in [5.74, 6) is -0.484. The Morgan fingerprint density at radius 3 is 2.58 bits per heavy atom. The molecule has 0 aliphatic carbocycles. The Morgan fingerprint density at radius 1 is 1.05 bits per heavy atom. The standard InChI is InChI=1S/C13H9Cl2FN2O/c14-8-2-1-3-10(6-8)17-13(19)18-12-7-9(16)4-5-11(12)15/h1-7H,(H2,17,18,19). The van der Waals surface area contributed by atoms with E-state index in [1.54, 1.807) is 24.3 Å². The third-order valence-corrected chi connectivity index (χ3v) is 2.82. The molecule has 0 saturated carbocycles. The van der Waals surface area contributed by atoms with Crippen molar-refractivity contribution in [3.63, 3.8) is 0 Å². The summed E-state index contributed by atoms with van der Waals surface area (Å²) in [4.78, 5) is 11.7. The molecule has 3 nitrogen and oxygen atoms in total. The zero-order valence-corrected chi connectivity index (χ0v) is 11.1. The number of benzene rings is 2. The van der Waals surface area contributed by atoms with E-state index >= 15 is 0 Å². The molecule has 2 rings (SSSR count). The van der Waals surface area contributed by atoms with Gasteiger partial charge in [0, 0.05) is 10.7 Å². The molecule has 6 heteroatoms. The van der Waals surface area contributed by atoms with Crippen LogP contribution in [0.3, 0.4) is 0 Å². The van der Waals surface area contributed by atoms with Crippen LogP contribution in [0.1, 0.15) is 0 Å². The SMILES string of the molecule is O=C(Nc1cccc(Cl)c1)Nc1cc(F)ccc1Cl. The first-order valence-electron chi connectivity index (χ1n) is 5.33. The van der Waals surface area contributed by atoms with Crippen molar-refractivity contribution in [2.24, 2.45) is 0 Å². The van der Waals surface area contributed by atoms with Crippen LogP contribution in [0.2, 0.25) is 10.0 Å². The minimum Gasteiger partial charge on any atom is -0.308 e. The second-order valence-electron chi connectivity index (χ2n) is 3.71. The summed E-state index contributed by atoms with van der Waals surface area (Å²) < 4.78 is 13.0. The topological polar surface area (TPSA) is 41.1 Å². The lowest BCUT2D eigenvalue weighted by Gasteiger charge is -2.09. The molecule has 2 N–H and O–H groups in total. The molecule has 98 valence electrons. The van der Waals surface area contributed by atoms with Crippen molar-refractivity contribution in [3.05, 3.63) is 58.3 Å². The van der Waals surface area contributed by atoms with Crippen LogP contribution in [0.15, 0.2) is 42.5 Å². The molecule has 0 aliphatic rings. The quantitative estimate of drug-likeness (QED) is 0.823. The maximum atomic E-state index is 13.0. The number of hydrogen-bond acceptors (Lipinski definition) is 1. The van der Waals surface area contributed by atoms with Crippen molar-refractivity contribution in [1.82, 2.24) is 0 Å². The van der Waals surface area contributed by atoms with Gasteiger partial charge in [-0.3, -0.25) is 0 Å². The van der Waals surface area contributed by atoms with Crippen molar-refractivity contribution in [2.45, 2.75) is 0 Å². The molecule has 0 aliphatic heterocycles. The Labute approximate surface area is 119 Å². The maximum Gasteiger partial charge on any atom is 0.323 e. The molecule has 2 aromatic carbocycles. The summed E-state index contributed by atoms with van der Waals surface area (Å²) in [6.45, 7) is 0. The Balaban J connectivity index is 2.07. The van der Waals surface area contributed by atoms with E-state index in [2.05, 4.69) is 10.6 Å². The number of carbonyl (C=O) groups excluding carboxylic acids is 1. The van der Waals surface area contributed by atoms with Crippen molar-refractivity contribution < 1.29 is 9.18 Å². The number of hydrogen-bond donors (Lipinski definition) is 2. The van der Waals surface area contributed by atoms with Crippen LogP contribution in [-0.2, 0) is 0 Å². The third-order valence-electron chi connectivity index (χ3n) is 2.26. The molecule has 0 radical (unpaired) electrons. The normalized spacial score (nSPS) is 10.1. The van der Waals surface area contributed by atoms with Crippen molar-refractivity contribution in [3.8, 4) is 0 Å². The lowest BCUT2D eigenvalue weighted by Crippen LogP contribution is -2.19. The molecule has 0 saturated heterocycles. The van der Waals surface area contributed by atoms with E-state index in [1.165, 1.54) is 12.1 Å². The average Bonchev–Trinajstić information content (AvgIpc) is 2.34. The molecule has 2 amide bonds. The highest BCUT2D eigenvalue weighted by molar-refractivity contribution is 6.33. The number of nitrogens with one attached hydrogen (secondary N) is 2. The highest BCUT2D eigenvalue weighted by Gasteiger charge is 2.07. The van der Waals surface area contributed by atoms with Gasteiger partial charge >= 0.3 is 6.03 Å². The van der Waals surface area contributed by atoms with Gasteiger partial charge in [-0.25, -0.2) is 9.18 Å². The monoisotopic (exact) mass is 298 g/mol. The molecule has 0 unspecified atom stereocenters. The fourth-order valence-corrected chi connectivity index (χ4v) is 1.80. The highest BCUT2D eigenvalue weighted by Crippen LogP contribution is 2.23. The van der Waals surface area contributed by atoms with Gasteiger partial charge in [0.1, 0.15) is 5.82 Å². The number of anilines is 2. The molecule has 19 heavy (non-hydrogen) atoms. The lowest BCUT2D eigenvalue weighted by atomic mass is 10.3. The summed E-state index contributed by atoms with van der Waals surface area (Å²) >= 11 is 11.6. The first-order chi connectivity index (χ1) is 9.04. The first-order valence-corrected chi connectivity index (χ1v) is 6.09. The van der Waals surface area contributed by atoms with Crippen LogP contribution in [0.5, 0.6) is 0 Å². The first kappa shape index (κ1) is 13.6. The lowest BCUT2D eigenvalue weighted by molar-refractivity contribution is 0.262. The Hall–Kier alpha value is -1.78. The Kier molecular flexibility index (Phi) is 4.24. The van der Waals surface area contributed by atoms with Gasteiger partial charge < -0.3 is 10.6 Å². The van der Waals surface area contributed by atoms with Gasteiger partial charge in [0.25, 0.3) is 0 Å². The van der Waals surface area contributed by atoms with Crippen LogP contribution < -0.4 is 10.6 Å². The van der Waals surface area contributed by atoms with E-state index in [-0.39, 0.29) is 10.7 Å². The van der Waals surface area contributed by atoms with Gasteiger partial charge in [-0.05, 0) is 36.4 Å². The molecule has 0 bridgehead atoms. The average molecular weight is 299 g/mol. The van der Waals surface area contributed by atoms with E-state index in [1.807, 2.05) is 0 Å². The predicted molar refractivity (Wildman–Crippen MR) is 75.5 cm³/mol. The summed E-state index contributed by atoms with van der Waals surface area (Å²) in [5.41, 5.74) is 0.721. The third kappa shape index (κ3) is 3.84. The smallest absolute Gasteiger partial charge is 0.308 e. The number of halogens is 3. The van der Waals surface area contributed by atoms with Crippen molar-refractivity contribution in [2.75, 3.05) is 10.6 Å². The van der Waals surface area contributed by atoms with Crippen LogP contribution in [-0.4, -0.2) is 6.03 Å². The number of rotatable bonds is 2. The molecule has 0 heterocycles. The fraction of sp³-hybridized carbons (Fsp3) is 0. The molecule has 0 aromatic heterocycles. The number of amides is 2. The second kappa shape index (κ2) is 5.91. The molecule has 0 spiro atoms. The Morgan fingerprint density at radius 2 is 1.84 bits per heavy atom. The minimum atomic E-state index is -0.533. The molecule has 0 fully saturated rings. The zero-order valence-electron chi connectivity index (χ0n) is 9.58. The maximum absolute atomic E-state index is 13.0. The Bertz CT molecular complexity index is 619. The summed E-state index contributed by atoms with van der Waals surface area (Å²) in [6.07, 6.45) is 0. The highest BCUT2D eigenvalue weighted by atomic mass is 35.5. The predicted octanol–water partition coefficient (Wildman–Crippen LogP) is 4.78. The van der Waals surface area contributed by atoms with Gasteiger partial charge in [-0.15, -0.1) is 0 Å². The van der Waals surface area contributed by atoms with E-state index in [0.29, 0.717) is 10.7 Å². The van der Waals surface area contributed by atoms with E-state index < -0.39 is 11.8 Å². The number of urea groups is 1. The molecular formula is C13H9Cl2FN2O. The van der Waals surface area contributed by atoms with E-state index in [4.69, 9.17) is 23.2 Å². The van der Waals surface area contributed by atoms with Crippen LogP contribution in [0.4, 0.5) is 20.6 Å². The fourth-order valence-electron chi connectivity index (χ4n) is 1.44. The zero-order chi connectivity index (χ0) is 13.8. The van der Waals surface area contributed by atoms with E-state index in [0.717, 1.165) is 6.07 Å². The number of carbonyl (C=O) groups is 1. The minimum absolute atomic E-state index is 0.196. The molecule has 0 atom stereocenters. The van der Waals surface area contributed by atoms with Gasteiger partial charge in [-0.2, -0.15) is 0 Å². The van der Waals surface area contributed by atoms with Gasteiger partial charge in [0.05, 0.1) is 10.7 Å². The van der Waals surface area contributed by atoms with Gasteiger partial charge in [0.2, 0.25) is 0 Å². The molecular weight excluding hydrogens is 290 g/mol.